The quantitative estimate of drug-likeness (QED) is 0.794. The lowest BCUT2D eigenvalue weighted by Crippen LogP contribution is -2.46. The standard InChI is InChI=1S/C21H27ClN2O3/c22-17-8-6-15(7-9-17)19-14-23(10-11-27-19)21(26)16-12-20(25)24(13-16)18-4-2-1-3-5-18/h6-9,16,18-19H,1-5,10-14H2. The van der Waals surface area contributed by atoms with Crippen molar-refractivity contribution in [2.24, 2.45) is 5.92 Å². The van der Waals surface area contributed by atoms with Crippen molar-refractivity contribution in [1.29, 1.82) is 0 Å². The van der Waals surface area contributed by atoms with Crippen molar-refractivity contribution in [3.63, 3.8) is 0 Å². The number of hydrogen-bond acceptors (Lipinski definition) is 3. The Labute approximate surface area is 165 Å². The first-order valence-electron chi connectivity index (χ1n) is 10.1. The Hall–Kier alpha value is -1.59. The van der Waals surface area contributed by atoms with Crippen molar-refractivity contribution in [3.8, 4) is 0 Å². The van der Waals surface area contributed by atoms with Gasteiger partial charge in [0.2, 0.25) is 11.8 Å². The highest BCUT2D eigenvalue weighted by molar-refractivity contribution is 6.30. The lowest BCUT2D eigenvalue weighted by molar-refractivity contribution is -0.143. The van der Waals surface area contributed by atoms with Gasteiger partial charge in [0.15, 0.2) is 0 Å². The van der Waals surface area contributed by atoms with Gasteiger partial charge in [0.05, 0.1) is 19.1 Å². The van der Waals surface area contributed by atoms with Gasteiger partial charge in [0.1, 0.15) is 6.10 Å². The smallest absolute Gasteiger partial charge is 0.228 e. The van der Waals surface area contributed by atoms with Gasteiger partial charge in [-0.2, -0.15) is 0 Å². The highest BCUT2D eigenvalue weighted by atomic mass is 35.5. The molecule has 6 heteroatoms. The second kappa shape index (κ2) is 8.19. The Morgan fingerprint density at radius 1 is 1.07 bits per heavy atom. The molecule has 0 radical (unpaired) electrons. The second-order valence-corrected chi connectivity index (χ2v) is 8.37. The van der Waals surface area contributed by atoms with E-state index in [1.165, 1.54) is 19.3 Å². The predicted octanol–water partition coefficient (Wildman–Crippen LogP) is 3.42. The highest BCUT2D eigenvalue weighted by Gasteiger charge is 2.40. The van der Waals surface area contributed by atoms with Gasteiger partial charge in [-0.15, -0.1) is 0 Å². The van der Waals surface area contributed by atoms with E-state index in [4.69, 9.17) is 16.3 Å². The van der Waals surface area contributed by atoms with Gasteiger partial charge in [0, 0.05) is 30.6 Å². The largest absolute Gasteiger partial charge is 0.370 e. The minimum atomic E-state index is -0.205. The lowest BCUT2D eigenvalue weighted by Gasteiger charge is -2.35. The molecule has 2 amide bonds. The van der Waals surface area contributed by atoms with Gasteiger partial charge in [-0.1, -0.05) is 43.0 Å². The van der Waals surface area contributed by atoms with Gasteiger partial charge < -0.3 is 14.5 Å². The molecule has 2 heterocycles. The molecule has 0 N–H and O–H groups in total. The molecule has 4 rings (SSSR count). The molecule has 0 bridgehead atoms. The fraction of sp³-hybridized carbons (Fsp3) is 0.619. The molecular formula is C21H27ClN2O3. The number of ether oxygens (including phenoxy) is 1. The number of halogens is 1. The summed E-state index contributed by atoms with van der Waals surface area (Å²) in [6.07, 6.45) is 6.05. The van der Waals surface area contributed by atoms with E-state index in [0.717, 1.165) is 18.4 Å². The fourth-order valence-corrected chi connectivity index (χ4v) is 4.76. The maximum absolute atomic E-state index is 13.1. The van der Waals surface area contributed by atoms with Crippen molar-refractivity contribution in [2.75, 3.05) is 26.2 Å². The summed E-state index contributed by atoms with van der Waals surface area (Å²) in [6, 6.07) is 7.93. The summed E-state index contributed by atoms with van der Waals surface area (Å²) in [4.78, 5) is 29.4. The van der Waals surface area contributed by atoms with Crippen molar-refractivity contribution >= 4 is 23.4 Å². The summed E-state index contributed by atoms with van der Waals surface area (Å²) >= 11 is 5.97. The molecule has 27 heavy (non-hydrogen) atoms. The second-order valence-electron chi connectivity index (χ2n) is 7.93. The van der Waals surface area contributed by atoms with Crippen LogP contribution in [0.2, 0.25) is 5.02 Å². The normalized spacial score (nSPS) is 27.2. The molecule has 1 aliphatic carbocycles. The monoisotopic (exact) mass is 390 g/mol. The Kier molecular flexibility index (Phi) is 5.69. The first-order chi connectivity index (χ1) is 13.1. The summed E-state index contributed by atoms with van der Waals surface area (Å²) in [7, 11) is 0. The molecule has 5 nitrogen and oxygen atoms in total. The number of hydrogen-bond donors (Lipinski definition) is 0. The van der Waals surface area contributed by atoms with Crippen LogP contribution in [0.1, 0.15) is 50.2 Å². The van der Waals surface area contributed by atoms with Crippen molar-refractivity contribution < 1.29 is 14.3 Å². The minimum absolute atomic E-state index is 0.101. The zero-order valence-corrected chi connectivity index (χ0v) is 16.4. The summed E-state index contributed by atoms with van der Waals surface area (Å²) in [5, 5.41) is 0.690. The van der Waals surface area contributed by atoms with Crippen molar-refractivity contribution in [1.82, 2.24) is 9.80 Å². The molecule has 1 saturated carbocycles. The van der Waals surface area contributed by atoms with Gasteiger partial charge in [-0.05, 0) is 30.5 Å². The zero-order valence-electron chi connectivity index (χ0n) is 15.6. The van der Waals surface area contributed by atoms with E-state index in [-0.39, 0.29) is 23.8 Å². The van der Waals surface area contributed by atoms with Crippen LogP contribution >= 0.6 is 11.6 Å². The van der Waals surface area contributed by atoms with Crippen LogP contribution in [0, 0.1) is 5.92 Å². The molecule has 0 aromatic heterocycles. The van der Waals surface area contributed by atoms with E-state index in [1.54, 1.807) is 0 Å². The first-order valence-corrected chi connectivity index (χ1v) is 10.4. The fourth-order valence-electron chi connectivity index (χ4n) is 4.63. The maximum Gasteiger partial charge on any atom is 0.228 e. The average molecular weight is 391 g/mol. The Morgan fingerprint density at radius 2 is 1.81 bits per heavy atom. The molecule has 3 fully saturated rings. The first kappa shape index (κ1) is 18.8. The topological polar surface area (TPSA) is 49.9 Å². The van der Waals surface area contributed by atoms with Gasteiger partial charge in [-0.3, -0.25) is 9.59 Å². The predicted molar refractivity (Wildman–Crippen MR) is 103 cm³/mol. The Morgan fingerprint density at radius 3 is 2.56 bits per heavy atom. The molecule has 2 saturated heterocycles. The van der Waals surface area contributed by atoms with Gasteiger partial charge in [-0.25, -0.2) is 0 Å². The van der Waals surface area contributed by atoms with Crippen LogP contribution in [0.4, 0.5) is 0 Å². The Bertz CT molecular complexity index is 687. The van der Waals surface area contributed by atoms with Gasteiger partial charge >= 0.3 is 0 Å². The van der Waals surface area contributed by atoms with E-state index in [0.29, 0.717) is 43.7 Å². The average Bonchev–Trinajstić information content (AvgIpc) is 3.10. The van der Waals surface area contributed by atoms with Crippen molar-refractivity contribution in [2.45, 2.75) is 50.7 Å². The molecule has 2 atom stereocenters. The number of benzene rings is 1. The van der Waals surface area contributed by atoms with E-state index >= 15 is 0 Å². The van der Waals surface area contributed by atoms with Crippen LogP contribution in [-0.2, 0) is 14.3 Å². The molecule has 2 unspecified atom stereocenters. The molecule has 146 valence electrons. The van der Waals surface area contributed by atoms with E-state index in [9.17, 15) is 9.59 Å². The molecule has 3 aliphatic rings. The number of likely N-dealkylation sites (tertiary alicyclic amines) is 1. The van der Waals surface area contributed by atoms with Crippen LogP contribution < -0.4 is 0 Å². The summed E-state index contributed by atoms with van der Waals surface area (Å²) in [5.41, 5.74) is 1.03. The third-order valence-corrected chi connectivity index (χ3v) is 6.40. The van der Waals surface area contributed by atoms with Crippen LogP contribution in [0.5, 0.6) is 0 Å². The van der Waals surface area contributed by atoms with E-state index in [1.807, 2.05) is 34.1 Å². The number of amides is 2. The van der Waals surface area contributed by atoms with Crippen LogP contribution in [0.25, 0.3) is 0 Å². The number of nitrogens with zero attached hydrogens (tertiary/aromatic N) is 2. The maximum atomic E-state index is 13.1. The SMILES string of the molecule is O=C(C1CC(=O)N(C2CCCCC2)C1)N1CCOC(c2ccc(Cl)cc2)C1. The summed E-state index contributed by atoms with van der Waals surface area (Å²) in [6.45, 7) is 2.24. The minimum Gasteiger partial charge on any atom is -0.370 e. The third kappa shape index (κ3) is 4.14. The van der Waals surface area contributed by atoms with Crippen LogP contribution in [-0.4, -0.2) is 53.9 Å². The number of rotatable bonds is 3. The summed E-state index contributed by atoms with van der Waals surface area (Å²) < 4.78 is 5.87. The number of carbonyl (C=O) groups excluding carboxylic acids is 2. The molecular weight excluding hydrogens is 364 g/mol. The molecule has 1 aromatic carbocycles. The van der Waals surface area contributed by atoms with Crippen LogP contribution in [0.15, 0.2) is 24.3 Å². The highest BCUT2D eigenvalue weighted by Crippen LogP contribution is 2.31. The molecule has 0 spiro atoms. The van der Waals surface area contributed by atoms with E-state index in [2.05, 4.69) is 0 Å². The molecule has 1 aromatic rings. The van der Waals surface area contributed by atoms with Gasteiger partial charge in [0.25, 0.3) is 0 Å². The third-order valence-electron chi connectivity index (χ3n) is 6.14. The Balaban J connectivity index is 1.38. The zero-order chi connectivity index (χ0) is 18.8. The number of morpholine rings is 1. The summed E-state index contributed by atoms with van der Waals surface area (Å²) in [5.74, 6) is 0.0510. The lowest BCUT2D eigenvalue weighted by atomic mass is 9.94. The van der Waals surface area contributed by atoms with E-state index < -0.39 is 0 Å². The van der Waals surface area contributed by atoms with Crippen molar-refractivity contribution in [3.05, 3.63) is 34.9 Å². The molecule has 2 aliphatic heterocycles. The number of carbonyl (C=O) groups is 2. The van der Waals surface area contributed by atoms with Crippen LogP contribution in [0.3, 0.4) is 0 Å².